The van der Waals surface area contributed by atoms with Crippen molar-refractivity contribution in [3.63, 3.8) is 0 Å². The van der Waals surface area contributed by atoms with Crippen LogP contribution in [0.15, 0.2) is 21.9 Å². The number of halogens is 1. The summed E-state index contributed by atoms with van der Waals surface area (Å²) in [6.45, 7) is 4.92. The first-order valence-corrected chi connectivity index (χ1v) is 11.6. The van der Waals surface area contributed by atoms with Gasteiger partial charge in [-0.15, -0.1) is 0 Å². The first kappa shape index (κ1) is 21.3. The maximum Gasteiger partial charge on any atom is 0.259 e. The van der Waals surface area contributed by atoms with Crippen LogP contribution in [0.3, 0.4) is 0 Å². The number of aromatic nitrogens is 4. The SMILES string of the molecule is CCn1nnnc1NC(=O)c1ccc(S(C)(=O)=O)c(S(=O)(=O)C(C)C)c1Cl. The molecule has 0 aliphatic rings. The molecule has 0 spiro atoms. The second-order valence-electron chi connectivity index (χ2n) is 5.89. The third-order valence-electron chi connectivity index (χ3n) is 3.67. The number of nitrogens with zero attached hydrogens (tertiary/aromatic N) is 4. The molecule has 0 unspecified atom stereocenters. The number of sulfone groups is 2. The summed E-state index contributed by atoms with van der Waals surface area (Å²) >= 11 is 6.19. The average molecular weight is 436 g/mol. The van der Waals surface area contributed by atoms with E-state index in [1.54, 1.807) is 6.92 Å². The molecule has 0 atom stereocenters. The number of hydrogen-bond acceptors (Lipinski definition) is 8. The van der Waals surface area contributed by atoms with E-state index >= 15 is 0 Å². The Bertz CT molecular complexity index is 1090. The quantitative estimate of drug-likeness (QED) is 0.712. The van der Waals surface area contributed by atoms with Gasteiger partial charge in [0.25, 0.3) is 5.91 Å². The van der Waals surface area contributed by atoms with E-state index in [0.29, 0.717) is 6.54 Å². The summed E-state index contributed by atoms with van der Waals surface area (Å²) in [5.74, 6) is -0.733. The predicted molar refractivity (Wildman–Crippen MR) is 98.3 cm³/mol. The number of rotatable bonds is 6. The van der Waals surface area contributed by atoms with Gasteiger partial charge in [-0.2, -0.15) is 0 Å². The Labute approximate surface area is 161 Å². The molecule has 0 aliphatic carbocycles. The Balaban J connectivity index is 2.65. The number of benzene rings is 1. The minimum Gasteiger partial charge on any atom is -0.289 e. The molecule has 1 aromatic heterocycles. The third-order valence-corrected chi connectivity index (χ3v) is 7.67. The van der Waals surface area contributed by atoms with Gasteiger partial charge in [-0.05, 0) is 43.3 Å². The van der Waals surface area contributed by atoms with Crippen LogP contribution in [-0.2, 0) is 26.2 Å². The van der Waals surface area contributed by atoms with Crippen LogP contribution >= 0.6 is 11.6 Å². The number of hydrogen-bond donors (Lipinski definition) is 1. The number of anilines is 1. The van der Waals surface area contributed by atoms with Crippen molar-refractivity contribution in [3.8, 4) is 0 Å². The van der Waals surface area contributed by atoms with Crippen LogP contribution in [0, 0.1) is 0 Å². The molecule has 13 heteroatoms. The lowest BCUT2D eigenvalue weighted by Gasteiger charge is -2.16. The molecular weight excluding hydrogens is 418 g/mol. The van der Waals surface area contributed by atoms with Crippen molar-refractivity contribution in [1.82, 2.24) is 20.2 Å². The monoisotopic (exact) mass is 435 g/mol. The third kappa shape index (κ3) is 4.12. The van der Waals surface area contributed by atoms with Crippen molar-refractivity contribution < 1.29 is 21.6 Å². The van der Waals surface area contributed by atoms with Crippen LogP contribution in [-0.4, -0.2) is 54.5 Å². The lowest BCUT2D eigenvalue weighted by Crippen LogP contribution is -2.21. The standard InChI is InChI=1S/C14H18ClN5O5S2/c1-5-20-14(17-18-19-20)16-13(21)9-6-7-10(26(4,22)23)12(11(9)15)27(24,25)8(2)3/h6-8H,5H2,1-4H3,(H,16,17,19,21). The molecule has 1 amide bonds. The highest BCUT2D eigenvalue weighted by Crippen LogP contribution is 2.34. The van der Waals surface area contributed by atoms with E-state index in [4.69, 9.17) is 11.6 Å². The van der Waals surface area contributed by atoms with Gasteiger partial charge in [0.2, 0.25) is 5.95 Å². The second kappa shape index (κ2) is 7.52. The number of amides is 1. The molecule has 0 saturated carbocycles. The molecule has 0 fully saturated rings. The lowest BCUT2D eigenvalue weighted by atomic mass is 10.2. The average Bonchev–Trinajstić information content (AvgIpc) is 3.00. The van der Waals surface area contributed by atoms with Crippen molar-refractivity contribution in [2.45, 2.75) is 42.4 Å². The van der Waals surface area contributed by atoms with Crippen LogP contribution < -0.4 is 5.32 Å². The number of aryl methyl sites for hydroxylation is 1. The van der Waals surface area contributed by atoms with Gasteiger partial charge in [0.1, 0.15) is 4.90 Å². The summed E-state index contributed by atoms with van der Waals surface area (Å²) in [5, 5.41) is 11.8. The minimum absolute atomic E-state index is 0.0408. The summed E-state index contributed by atoms with van der Waals surface area (Å²) in [6, 6.07) is 2.20. The van der Waals surface area contributed by atoms with Gasteiger partial charge in [0.05, 0.1) is 20.7 Å². The molecule has 0 saturated heterocycles. The van der Waals surface area contributed by atoms with Gasteiger partial charge in [0, 0.05) is 12.8 Å². The molecule has 0 bridgehead atoms. The van der Waals surface area contributed by atoms with Crippen molar-refractivity contribution in [2.24, 2.45) is 0 Å². The number of carbonyl (C=O) groups excluding carboxylic acids is 1. The van der Waals surface area contributed by atoms with Gasteiger partial charge in [-0.25, -0.2) is 21.5 Å². The van der Waals surface area contributed by atoms with Gasteiger partial charge in [-0.3, -0.25) is 10.1 Å². The molecule has 2 rings (SSSR count). The Morgan fingerprint density at radius 2 is 1.89 bits per heavy atom. The predicted octanol–water partition coefficient (Wildman–Crippen LogP) is 1.18. The van der Waals surface area contributed by atoms with E-state index in [-0.39, 0.29) is 11.5 Å². The van der Waals surface area contributed by atoms with E-state index in [1.807, 2.05) is 0 Å². The maximum absolute atomic E-state index is 12.7. The van der Waals surface area contributed by atoms with Gasteiger partial charge in [-0.1, -0.05) is 16.7 Å². The molecular formula is C14H18ClN5O5S2. The molecule has 27 heavy (non-hydrogen) atoms. The Kier molecular flexibility index (Phi) is 5.92. The van der Waals surface area contributed by atoms with E-state index in [0.717, 1.165) is 18.4 Å². The van der Waals surface area contributed by atoms with Crippen LogP contribution in [0.25, 0.3) is 0 Å². The highest BCUT2D eigenvalue weighted by atomic mass is 35.5. The minimum atomic E-state index is -4.09. The normalized spacial score (nSPS) is 12.4. The molecule has 1 heterocycles. The topological polar surface area (TPSA) is 141 Å². The molecule has 1 N–H and O–H groups in total. The molecule has 10 nitrogen and oxygen atoms in total. The Morgan fingerprint density at radius 3 is 2.41 bits per heavy atom. The van der Waals surface area contributed by atoms with Crippen molar-refractivity contribution in [2.75, 3.05) is 11.6 Å². The Morgan fingerprint density at radius 1 is 1.26 bits per heavy atom. The van der Waals surface area contributed by atoms with Gasteiger partial charge in [0.15, 0.2) is 19.7 Å². The largest absolute Gasteiger partial charge is 0.289 e. The fourth-order valence-electron chi connectivity index (χ4n) is 2.18. The van der Waals surface area contributed by atoms with Crippen molar-refractivity contribution in [3.05, 3.63) is 22.7 Å². The van der Waals surface area contributed by atoms with E-state index in [1.165, 1.54) is 18.5 Å². The fraction of sp³-hybridized carbons (Fsp3) is 0.429. The number of nitrogens with one attached hydrogen (secondary N) is 1. The highest BCUT2D eigenvalue weighted by molar-refractivity contribution is 7.94. The van der Waals surface area contributed by atoms with E-state index in [2.05, 4.69) is 20.8 Å². The van der Waals surface area contributed by atoms with Crippen LogP contribution in [0.2, 0.25) is 5.02 Å². The summed E-state index contributed by atoms with van der Waals surface area (Å²) in [4.78, 5) is 11.5. The fourth-order valence-corrected chi connectivity index (χ4v) is 5.55. The van der Waals surface area contributed by atoms with Gasteiger partial charge >= 0.3 is 0 Å². The molecule has 148 valence electrons. The van der Waals surface area contributed by atoms with Crippen molar-refractivity contribution in [1.29, 1.82) is 0 Å². The summed E-state index contributed by atoms with van der Waals surface area (Å²) in [6.07, 6.45) is 0.868. The summed E-state index contributed by atoms with van der Waals surface area (Å²) in [7, 11) is -8.00. The summed E-state index contributed by atoms with van der Waals surface area (Å²) in [5.41, 5.74) is -0.214. The van der Waals surface area contributed by atoms with E-state index < -0.39 is 45.6 Å². The lowest BCUT2D eigenvalue weighted by molar-refractivity contribution is 0.102. The molecule has 0 aliphatic heterocycles. The van der Waals surface area contributed by atoms with Crippen LogP contribution in [0.1, 0.15) is 31.1 Å². The number of tetrazole rings is 1. The zero-order valence-electron chi connectivity index (χ0n) is 15.0. The highest BCUT2D eigenvalue weighted by Gasteiger charge is 2.32. The Hall–Kier alpha value is -2.05. The zero-order valence-corrected chi connectivity index (χ0v) is 17.4. The first-order valence-electron chi connectivity index (χ1n) is 7.75. The van der Waals surface area contributed by atoms with Crippen LogP contribution in [0.5, 0.6) is 0 Å². The first-order chi connectivity index (χ1) is 12.4. The smallest absolute Gasteiger partial charge is 0.259 e. The number of carbonyl (C=O) groups is 1. The molecule has 2 aromatic rings. The van der Waals surface area contributed by atoms with Crippen LogP contribution in [0.4, 0.5) is 5.95 Å². The zero-order chi connectivity index (χ0) is 20.6. The molecule has 0 radical (unpaired) electrons. The van der Waals surface area contributed by atoms with Crippen molar-refractivity contribution >= 4 is 43.1 Å². The molecule has 1 aromatic carbocycles. The maximum atomic E-state index is 12.7. The summed E-state index contributed by atoms with van der Waals surface area (Å²) < 4.78 is 50.8. The van der Waals surface area contributed by atoms with E-state index in [9.17, 15) is 21.6 Å². The second-order valence-corrected chi connectivity index (χ2v) is 10.7. The van der Waals surface area contributed by atoms with Gasteiger partial charge < -0.3 is 0 Å².